The van der Waals surface area contributed by atoms with Crippen LogP contribution < -0.4 is 5.32 Å². The Morgan fingerprint density at radius 3 is 2.45 bits per heavy atom. The van der Waals surface area contributed by atoms with E-state index in [-0.39, 0.29) is 11.6 Å². The molecule has 0 radical (unpaired) electrons. The minimum Gasteiger partial charge on any atom is -0.478 e. The van der Waals surface area contributed by atoms with Crippen LogP contribution in [0.4, 0.5) is 10.1 Å². The maximum Gasteiger partial charge on any atom is 0.337 e. The summed E-state index contributed by atoms with van der Waals surface area (Å²) in [5.41, 5.74) is 2.54. The first-order chi connectivity index (χ1) is 9.47. The summed E-state index contributed by atoms with van der Waals surface area (Å²) in [5, 5.41) is 12.2. The summed E-state index contributed by atoms with van der Waals surface area (Å²) >= 11 is 0. The standard InChI is InChI=1S/C16H16FNO2/c1-10-3-5-12(6-4-10)11(2)18-15-8-7-13(17)9-14(15)16(19)20/h3-9,11,18H,1-2H3,(H,19,20). The molecule has 3 nitrogen and oxygen atoms in total. The normalized spacial score (nSPS) is 11.9. The molecule has 0 aliphatic rings. The van der Waals surface area contributed by atoms with Crippen LogP contribution in [0.5, 0.6) is 0 Å². The molecule has 1 unspecified atom stereocenters. The van der Waals surface area contributed by atoms with Crippen LogP contribution in [0.1, 0.15) is 34.5 Å². The van der Waals surface area contributed by atoms with E-state index >= 15 is 0 Å². The maximum atomic E-state index is 13.1. The van der Waals surface area contributed by atoms with Gasteiger partial charge in [0, 0.05) is 11.7 Å². The lowest BCUT2D eigenvalue weighted by Crippen LogP contribution is -2.11. The van der Waals surface area contributed by atoms with Crippen LogP contribution in [-0.4, -0.2) is 11.1 Å². The third-order valence-corrected chi connectivity index (χ3v) is 3.16. The van der Waals surface area contributed by atoms with Crippen molar-refractivity contribution in [2.24, 2.45) is 0 Å². The molecule has 2 aromatic carbocycles. The minimum absolute atomic E-state index is 0.0658. The number of halogens is 1. The molecular weight excluding hydrogens is 257 g/mol. The Morgan fingerprint density at radius 2 is 1.85 bits per heavy atom. The second-order valence-electron chi connectivity index (χ2n) is 4.77. The second-order valence-corrected chi connectivity index (χ2v) is 4.77. The van der Waals surface area contributed by atoms with E-state index in [9.17, 15) is 9.18 Å². The molecule has 0 amide bonds. The van der Waals surface area contributed by atoms with Crippen molar-refractivity contribution >= 4 is 11.7 Å². The SMILES string of the molecule is Cc1ccc(C(C)Nc2ccc(F)cc2C(=O)O)cc1. The Bertz CT molecular complexity index is 623. The van der Waals surface area contributed by atoms with E-state index in [1.54, 1.807) is 0 Å². The van der Waals surface area contributed by atoms with Gasteiger partial charge in [-0.1, -0.05) is 29.8 Å². The van der Waals surface area contributed by atoms with Crippen molar-refractivity contribution in [1.82, 2.24) is 0 Å². The molecule has 0 fully saturated rings. The highest BCUT2D eigenvalue weighted by Gasteiger charge is 2.14. The topological polar surface area (TPSA) is 49.3 Å². The molecule has 2 N–H and O–H groups in total. The van der Waals surface area contributed by atoms with E-state index in [4.69, 9.17) is 5.11 Å². The second kappa shape index (κ2) is 5.74. The quantitative estimate of drug-likeness (QED) is 0.885. The summed E-state index contributed by atoms with van der Waals surface area (Å²) in [4.78, 5) is 11.1. The lowest BCUT2D eigenvalue weighted by atomic mass is 10.1. The highest BCUT2D eigenvalue weighted by Crippen LogP contribution is 2.23. The van der Waals surface area contributed by atoms with E-state index in [0.29, 0.717) is 5.69 Å². The smallest absolute Gasteiger partial charge is 0.337 e. The molecule has 0 heterocycles. The molecule has 2 rings (SSSR count). The van der Waals surface area contributed by atoms with Gasteiger partial charge in [0.25, 0.3) is 0 Å². The van der Waals surface area contributed by atoms with Gasteiger partial charge in [-0.05, 0) is 37.6 Å². The molecule has 104 valence electrons. The first-order valence-electron chi connectivity index (χ1n) is 6.33. The Kier molecular flexibility index (Phi) is 4.03. The summed E-state index contributed by atoms with van der Waals surface area (Å²) in [7, 11) is 0. The van der Waals surface area contributed by atoms with Gasteiger partial charge in [-0.2, -0.15) is 0 Å². The third kappa shape index (κ3) is 3.15. The van der Waals surface area contributed by atoms with Crippen molar-refractivity contribution in [3.05, 3.63) is 65.0 Å². The largest absolute Gasteiger partial charge is 0.478 e. The van der Waals surface area contributed by atoms with Gasteiger partial charge in [0.1, 0.15) is 5.82 Å². The Morgan fingerprint density at radius 1 is 1.20 bits per heavy atom. The lowest BCUT2D eigenvalue weighted by Gasteiger charge is -2.17. The fraction of sp³-hybridized carbons (Fsp3) is 0.188. The maximum absolute atomic E-state index is 13.1. The number of nitrogens with one attached hydrogen (secondary N) is 1. The van der Waals surface area contributed by atoms with E-state index in [1.807, 2.05) is 38.1 Å². The summed E-state index contributed by atoms with van der Waals surface area (Å²) in [6.45, 7) is 3.93. The molecule has 1 atom stereocenters. The van der Waals surface area contributed by atoms with Crippen LogP contribution in [0.3, 0.4) is 0 Å². The first kappa shape index (κ1) is 14.1. The highest BCUT2D eigenvalue weighted by molar-refractivity contribution is 5.94. The molecule has 0 aromatic heterocycles. The van der Waals surface area contributed by atoms with Gasteiger partial charge in [-0.3, -0.25) is 0 Å². The molecule has 4 heteroatoms. The van der Waals surface area contributed by atoms with Crippen molar-refractivity contribution in [3.8, 4) is 0 Å². The number of hydrogen-bond acceptors (Lipinski definition) is 2. The summed E-state index contributed by atoms with van der Waals surface area (Å²) < 4.78 is 13.1. The number of benzene rings is 2. The predicted molar refractivity (Wildman–Crippen MR) is 76.6 cm³/mol. The van der Waals surface area contributed by atoms with Gasteiger partial charge >= 0.3 is 5.97 Å². The van der Waals surface area contributed by atoms with Crippen LogP contribution in [0.15, 0.2) is 42.5 Å². The zero-order valence-corrected chi connectivity index (χ0v) is 11.4. The zero-order chi connectivity index (χ0) is 14.7. The molecule has 0 saturated carbocycles. The van der Waals surface area contributed by atoms with Crippen molar-refractivity contribution < 1.29 is 14.3 Å². The van der Waals surface area contributed by atoms with E-state index in [1.165, 1.54) is 12.1 Å². The monoisotopic (exact) mass is 273 g/mol. The molecule has 0 aliphatic heterocycles. The third-order valence-electron chi connectivity index (χ3n) is 3.16. The van der Waals surface area contributed by atoms with E-state index in [0.717, 1.165) is 17.2 Å². The number of hydrogen-bond donors (Lipinski definition) is 2. The molecule has 0 saturated heterocycles. The minimum atomic E-state index is -1.15. The van der Waals surface area contributed by atoms with Gasteiger partial charge in [-0.15, -0.1) is 0 Å². The number of anilines is 1. The fourth-order valence-electron chi connectivity index (χ4n) is 1.99. The summed E-state index contributed by atoms with van der Waals surface area (Å²) in [6, 6.07) is 11.6. The van der Waals surface area contributed by atoms with Crippen LogP contribution >= 0.6 is 0 Å². The van der Waals surface area contributed by atoms with Crippen molar-refractivity contribution in [3.63, 3.8) is 0 Å². The summed E-state index contributed by atoms with van der Waals surface area (Å²) in [5.74, 6) is -1.71. The van der Waals surface area contributed by atoms with Crippen molar-refractivity contribution in [2.45, 2.75) is 19.9 Å². The number of aromatic carboxylic acids is 1. The Hall–Kier alpha value is -2.36. The van der Waals surface area contributed by atoms with E-state index in [2.05, 4.69) is 5.32 Å². The van der Waals surface area contributed by atoms with Gasteiger partial charge in [0.2, 0.25) is 0 Å². The van der Waals surface area contributed by atoms with E-state index < -0.39 is 11.8 Å². The number of carboxylic acid groups (broad SMARTS) is 1. The fourth-order valence-corrected chi connectivity index (χ4v) is 1.99. The van der Waals surface area contributed by atoms with Crippen LogP contribution in [0.2, 0.25) is 0 Å². The average molecular weight is 273 g/mol. The van der Waals surface area contributed by atoms with Crippen molar-refractivity contribution in [2.75, 3.05) is 5.32 Å². The van der Waals surface area contributed by atoms with Crippen LogP contribution in [0.25, 0.3) is 0 Å². The molecule has 0 bridgehead atoms. The molecule has 2 aromatic rings. The van der Waals surface area contributed by atoms with Gasteiger partial charge in [-0.25, -0.2) is 9.18 Å². The molecular formula is C16H16FNO2. The number of carbonyl (C=O) groups is 1. The molecule has 0 spiro atoms. The van der Waals surface area contributed by atoms with Crippen molar-refractivity contribution in [1.29, 1.82) is 0 Å². The molecule has 20 heavy (non-hydrogen) atoms. The van der Waals surface area contributed by atoms with Gasteiger partial charge in [0.05, 0.1) is 5.56 Å². The predicted octanol–water partition coefficient (Wildman–Crippen LogP) is 4.01. The zero-order valence-electron chi connectivity index (χ0n) is 11.4. The average Bonchev–Trinajstić information content (AvgIpc) is 2.41. The first-order valence-corrected chi connectivity index (χ1v) is 6.33. The number of rotatable bonds is 4. The number of aryl methyl sites for hydroxylation is 1. The van der Waals surface area contributed by atoms with Crippen LogP contribution in [0, 0.1) is 12.7 Å². The Labute approximate surface area is 117 Å². The summed E-state index contributed by atoms with van der Waals surface area (Å²) in [6.07, 6.45) is 0. The highest BCUT2D eigenvalue weighted by atomic mass is 19.1. The van der Waals surface area contributed by atoms with Crippen LogP contribution in [-0.2, 0) is 0 Å². The number of carboxylic acids is 1. The van der Waals surface area contributed by atoms with Gasteiger partial charge < -0.3 is 10.4 Å². The Balaban J connectivity index is 2.25. The van der Waals surface area contributed by atoms with Gasteiger partial charge in [0.15, 0.2) is 0 Å². The molecule has 0 aliphatic carbocycles. The lowest BCUT2D eigenvalue weighted by molar-refractivity contribution is 0.0697.